The molecule has 0 heterocycles. The van der Waals surface area contributed by atoms with Crippen molar-refractivity contribution < 1.29 is 8.85 Å². The van der Waals surface area contributed by atoms with Crippen LogP contribution >= 0.6 is 12.6 Å². The van der Waals surface area contributed by atoms with Gasteiger partial charge in [-0.3, -0.25) is 0 Å². The molecule has 0 bridgehead atoms. The third kappa shape index (κ3) is 7.85. The molecule has 0 aromatic rings. The van der Waals surface area contributed by atoms with E-state index in [9.17, 15) is 0 Å². The molecule has 0 aliphatic rings. The van der Waals surface area contributed by atoms with Crippen molar-refractivity contribution >= 4 is 21.9 Å². The van der Waals surface area contributed by atoms with Gasteiger partial charge >= 0.3 is 9.28 Å². The van der Waals surface area contributed by atoms with E-state index in [1.165, 1.54) is 0 Å². The summed E-state index contributed by atoms with van der Waals surface area (Å²) in [6, 6.07) is 0.996. The van der Waals surface area contributed by atoms with Crippen LogP contribution in [0.1, 0.15) is 41.0 Å². The van der Waals surface area contributed by atoms with Crippen LogP contribution in [0, 0.1) is 0 Å². The molecule has 0 saturated carbocycles. The summed E-state index contributed by atoms with van der Waals surface area (Å²) in [5.41, 5.74) is 0. The van der Waals surface area contributed by atoms with Crippen molar-refractivity contribution in [2.75, 3.05) is 0 Å². The second-order valence-corrected chi connectivity index (χ2v) is 6.70. The number of hydrogen-bond donors (Lipinski definition) is 1. The Bertz CT molecular complexity index is 132. The minimum absolute atomic E-state index is 0.266. The predicted molar refractivity (Wildman–Crippen MR) is 67.5 cm³/mol. The van der Waals surface area contributed by atoms with Crippen molar-refractivity contribution in [2.24, 2.45) is 0 Å². The molecule has 2 nitrogen and oxygen atoms in total. The molecule has 4 heteroatoms. The van der Waals surface area contributed by atoms with Gasteiger partial charge in [0.2, 0.25) is 0 Å². The van der Waals surface area contributed by atoms with Crippen molar-refractivity contribution in [1.29, 1.82) is 0 Å². The molecule has 0 radical (unpaired) electrons. The van der Waals surface area contributed by atoms with Gasteiger partial charge in [0.1, 0.15) is 0 Å². The third-order valence-electron chi connectivity index (χ3n) is 1.78. The average molecular weight is 236 g/mol. The first-order chi connectivity index (χ1) is 6.45. The highest BCUT2D eigenvalue weighted by molar-refractivity contribution is 7.81. The van der Waals surface area contributed by atoms with Gasteiger partial charge in [0.25, 0.3) is 0 Å². The zero-order valence-electron chi connectivity index (χ0n) is 9.99. The van der Waals surface area contributed by atoms with Crippen LogP contribution in [0.15, 0.2) is 0 Å². The molecular formula is C10H24O2SSi. The fraction of sp³-hybridized carbons (Fsp3) is 1.00. The van der Waals surface area contributed by atoms with Crippen LogP contribution in [-0.4, -0.2) is 26.7 Å². The Kier molecular flexibility index (Phi) is 8.01. The van der Waals surface area contributed by atoms with Gasteiger partial charge in [-0.25, -0.2) is 0 Å². The van der Waals surface area contributed by atoms with Gasteiger partial charge in [-0.15, -0.1) is 0 Å². The lowest BCUT2D eigenvalue weighted by molar-refractivity contribution is 0.129. The summed E-state index contributed by atoms with van der Waals surface area (Å²) in [6.45, 7) is 10.4. The van der Waals surface area contributed by atoms with E-state index in [2.05, 4.69) is 47.2 Å². The fourth-order valence-electron chi connectivity index (χ4n) is 1.14. The Labute approximate surface area is 95.6 Å². The number of rotatable bonds is 7. The number of thiol groups is 1. The van der Waals surface area contributed by atoms with Gasteiger partial charge in [0, 0.05) is 17.5 Å². The maximum absolute atomic E-state index is 5.80. The molecule has 0 aromatic heterocycles. The summed E-state index contributed by atoms with van der Waals surface area (Å²) in [6.07, 6.45) is 1.61. The second kappa shape index (κ2) is 7.74. The van der Waals surface area contributed by atoms with E-state index >= 15 is 0 Å². The van der Waals surface area contributed by atoms with Crippen LogP contribution < -0.4 is 0 Å². The van der Waals surface area contributed by atoms with Gasteiger partial charge in [0.15, 0.2) is 0 Å². The smallest absolute Gasteiger partial charge is 0.322 e. The normalized spacial score (nSPS) is 14.4. The molecule has 0 aromatic carbocycles. The summed E-state index contributed by atoms with van der Waals surface area (Å²) in [5.74, 6) is 0. The van der Waals surface area contributed by atoms with Gasteiger partial charge in [0.05, 0.1) is 0 Å². The van der Waals surface area contributed by atoms with Crippen molar-refractivity contribution in [3.8, 4) is 0 Å². The SMILES string of the molecule is CCC(S)C[SiH](OC(C)C)OC(C)C. The lowest BCUT2D eigenvalue weighted by Gasteiger charge is -2.23. The zero-order chi connectivity index (χ0) is 11.1. The van der Waals surface area contributed by atoms with E-state index in [0.717, 1.165) is 12.5 Å². The highest BCUT2D eigenvalue weighted by Crippen LogP contribution is 2.14. The first-order valence-electron chi connectivity index (χ1n) is 5.44. The highest BCUT2D eigenvalue weighted by Gasteiger charge is 2.19. The molecule has 0 saturated heterocycles. The Hall–Kier alpha value is 0.487. The van der Waals surface area contributed by atoms with Crippen LogP contribution in [0.3, 0.4) is 0 Å². The average Bonchev–Trinajstić information content (AvgIpc) is 2.01. The Morgan fingerprint density at radius 1 is 1.07 bits per heavy atom. The van der Waals surface area contributed by atoms with Gasteiger partial charge in [-0.2, -0.15) is 12.6 Å². The van der Waals surface area contributed by atoms with Crippen LogP contribution in [-0.2, 0) is 8.85 Å². The first-order valence-corrected chi connectivity index (χ1v) is 7.72. The second-order valence-electron chi connectivity index (χ2n) is 4.10. The van der Waals surface area contributed by atoms with Crippen molar-refractivity contribution in [1.82, 2.24) is 0 Å². The molecular weight excluding hydrogens is 212 g/mol. The van der Waals surface area contributed by atoms with Gasteiger partial charge < -0.3 is 8.85 Å². The topological polar surface area (TPSA) is 18.5 Å². The molecule has 0 rings (SSSR count). The predicted octanol–water partition coefficient (Wildman–Crippen LogP) is 2.77. The maximum Gasteiger partial charge on any atom is 0.322 e. The van der Waals surface area contributed by atoms with Crippen LogP contribution in [0.4, 0.5) is 0 Å². The van der Waals surface area contributed by atoms with Gasteiger partial charge in [-0.05, 0) is 40.2 Å². The summed E-state index contributed by atoms with van der Waals surface area (Å²) in [7, 11) is -1.50. The molecule has 0 fully saturated rings. The summed E-state index contributed by atoms with van der Waals surface area (Å²) in [4.78, 5) is 0. The van der Waals surface area contributed by atoms with Crippen molar-refractivity contribution in [3.63, 3.8) is 0 Å². The zero-order valence-corrected chi connectivity index (χ0v) is 12.0. The quantitative estimate of drug-likeness (QED) is 0.541. The molecule has 1 unspecified atom stereocenters. The van der Waals surface area contributed by atoms with E-state index in [0.29, 0.717) is 5.25 Å². The molecule has 0 aliphatic carbocycles. The highest BCUT2D eigenvalue weighted by atomic mass is 32.1. The molecule has 0 spiro atoms. The van der Waals surface area contributed by atoms with E-state index in [1.807, 2.05) is 0 Å². The summed E-state index contributed by atoms with van der Waals surface area (Å²) < 4.78 is 11.6. The Morgan fingerprint density at radius 2 is 1.50 bits per heavy atom. The summed E-state index contributed by atoms with van der Waals surface area (Å²) in [5, 5.41) is 0.421. The van der Waals surface area contributed by atoms with E-state index in [1.54, 1.807) is 0 Å². The summed E-state index contributed by atoms with van der Waals surface area (Å²) >= 11 is 4.49. The van der Waals surface area contributed by atoms with E-state index < -0.39 is 9.28 Å². The molecule has 86 valence electrons. The molecule has 0 amide bonds. The Balaban J connectivity index is 3.96. The fourth-order valence-corrected chi connectivity index (χ4v) is 3.93. The lowest BCUT2D eigenvalue weighted by atomic mass is 10.4. The monoisotopic (exact) mass is 236 g/mol. The van der Waals surface area contributed by atoms with Gasteiger partial charge in [-0.1, -0.05) is 6.92 Å². The minimum Gasteiger partial charge on any atom is -0.394 e. The molecule has 14 heavy (non-hydrogen) atoms. The van der Waals surface area contributed by atoms with Crippen LogP contribution in [0.5, 0.6) is 0 Å². The Morgan fingerprint density at radius 3 is 1.79 bits per heavy atom. The number of hydrogen-bond acceptors (Lipinski definition) is 3. The maximum atomic E-state index is 5.80. The lowest BCUT2D eigenvalue weighted by Crippen LogP contribution is -2.31. The minimum atomic E-state index is -1.50. The molecule has 0 aliphatic heterocycles. The van der Waals surface area contributed by atoms with Crippen molar-refractivity contribution in [2.45, 2.75) is 64.5 Å². The van der Waals surface area contributed by atoms with Crippen LogP contribution in [0.25, 0.3) is 0 Å². The standard InChI is InChI=1S/C10H24O2SSi/c1-6-10(13)7-14(11-8(2)3)12-9(4)5/h8-10,13-14H,6-7H2,1-5H3. The first kappa shape index (κ1) is 14.5. The van der Waals surface area contributed by atoms with Crippen LogP contribution in [0.2, 0.25) is 6.04 Å². The van der Waals surface area contributed by atoms with E-state index in [4.69, 9.17) is 8.85 Å². The van der Waals surface area contributed by atoms with Crippen molar-refractivity contribution in [3.05, 3.63) is 0 Å². The molecule has 1 atom stereocenters. The van der Waals surface area contributed by atoms with E-state index in [-0.39, 0.29) is 12.2 Å². The molecule has 0 N–H and O–H groups in total. The third-order valence-corrected chi connectivity index (χ3v) is 5.41. The largest absolute Gasteiger partial charge is 0.394 e.